The highest BCUT2D eigenvalue weighted by atomic mass is 32.2. The monoisotopic (exact) mass is 522 g/mol. The first-order chi connectivity index (χ1) is 17.7. The zero-order valence-corrected chi connectivity index (χ0v) is 20.6. The molecule has 13 heteroatoms. The van der Waals surface area contributed by atoms with E-state index < -0.39 is 27.2 Å². The lowest BCUT2D eigenvalue weighted by atomic mass is 10.1. The zero-order chi connectivity index (χ0) is 26.6. The summed E-state index contributed by atoms with van der Waals surface area (Å²) < 4.78 is 33.8. The van der Waals surface area contributed by atoms with Crippen LogP contribution in [-0.2, 0) is 16.4 Å². The third kappa shape index (κ3) is 5.26. The fourth-order valence-corrected chi connectivity index (χ4v) is 4.49. The van der Waals surface area contributed by atoms with E-state index in [9.17, 15) is 23.1 Å². The molecule has 0 aliphatic rings. The Hall–Kier alpha value is -4.78. The summed E-state index contributed by atoms with van der Waals surface area (Å²) in [4.78, 5) is 39.0. The molecule has 0 unspecified atom stereocenters. The number of nitrogens with one attached hydrogen (secondary N) is 2. The molecule has 37 heavy (non-hydrogen) atoms. The maximum absolute atomic E-state index is 12.7. The number of para-hydroxylation sites is 1. The maximum atomic E-state index is 12.7. The van der Waals surface area contributed by atoms with E-state index in [1.807, 2.05) is 19.1 Å². The normalized spacial score (nSPS) is 11.5. The molecule has 190 valence electrons. The molecule has 0 amide bonds. The van der Waals surface area contributed by atoms with Crippen molar-refractivity contribution in [2.75, 3.05) is 11.8 Å². The summed E-state index contributed by atoms with van der Waals surface area (Å²) in [6.45, 7) is 1.90. The minimum absolute atomic E-state index is 0.0141. The lowest BCUT2D eigenvalue weighted by Crippen LogP contribution is -2.31. The van der Waals surface area contributed by atoms with E-state index in [0.29, 0.717) is 17.8 Å². The summed E-state index contributed by atoms with van der Waals surface area (Å²) in [6.07, 6.45) is 4.38. The first kappa shape index (κ1) is 25.3. The van der Waals surface area contributed by atoms with Crippen molar-refractivity contribution in [2.24, 2.45) is 4.99 Å². The standard InChI is InChI=1S/C24H22N6O6S/c1-3-15-6-4-5-7-19(15)30-23(32)18(21(31)28-24(30)33)14-27-16-8-10-17(11-9-16)37(34,35)29-20-22(36-2)26-13-12-25-20/h4-14,32H,3H2,1-2H3,(H,25,29)(H,28,31,33). The molecule has 0 fully saturated rings. The van der Waals surface area contributed by atoms with E-state index in [-0.39, 0.29) is 22.2 Å². The molecule has 0 atom stereocenters. The van der Waals surface area contributed by atoms with E-state index in [4.69, 9.17) is 4.74 Å². The molecule has 0 spiro atoms. The molecule has 0 saturated carbocycles. The average molecular weight is 523 g/mol. The molecule has 3 N–H and O–H groups in total. The van der Waals surface area contributed by atoms with Crippen molar-refractivity contribution in [2.45, 2.75) is 18.2 Å². The van der Waals surface area contributed by atoms with Gasteiger partial charge in [0.2, 0.25) is 11.7 Å². The molecule has 0 aliphatic heterocycles. The van der Waals surface area contributed by atoms with Gasteiger partial charge in [-0.2, -0.15) is 0 Å². The van der Waals surface area contributed by atoms with Crippen LogP contribution < -0.4 is 20.7 Å². The quantitative estimate of drug-likeness (QED) is 0.296. The topological polar surface area (TPSA) is 169 Å². The Kier molecular flexibility index (Phi) is 7.15. The van der Waals surface area contributed by atoms with Gasteiger partial charge in [0.05, 0.1) is 23.4 Å². The Morgan fingerprint density at radius 3 is 2.51 bits per heavy atom. The molecule has 0 aliphatic carbocycles. The second kappa shape index (κ2) is 10.5. The van der Waals surface area contributed by atoms with Crippen LogP contribution in [-0.4, -0.2) is 46.4 Å². The van der Waals surface area contributed by atoms with Crippen LogP contribution >= 0.6 is 0 Å². The van der Waals surface area contributed by atoms with Crippen molar-refractivity contribution < 1.29 is 18.3 Å². The predicted molar refractivity (Wildman–Crippen MR) is 137 cm³/mol. The molecule has 0 radical (unpaired) electrons. The third-order valence-corrected chi connectivity index (χ3v) is 6.67. The lowest BCUT2D eigenvalue weighted by molar-refractivity contribution is 0.398. The van der Waals surface area contributed by atoms with Crippen molar-refractivity contribution in [1.82, 2.24) is 19.5 Å². The zero-order valence-electron chi connectivity index (χ0n) is 19.7. The molecular formula is C24H22N6O6S. The SMILES string of the molecule is CCc1ccccc1-n1c(O)c(C=Nc2ccc(S(=O)(=O)Nc3nccnc3OC)cc2)c(=O)[nH]c1=O. The van der Waals surface area contributed by atoms with Gasteiger partial charge < -0.3 is 9.84 Å². The van der Waals surface area contributed by atoms with Crippen molar-refractivity contribution in [1.29, 1.82) is 0 Å². The van der Waals surface area contributed by atoms with Crippen LogP contribution in [0.4, 0.5) is 11.5 Å². The average Bonchev–Trinajstić information content (AvgIpc) is 2.89. The number of ether oxygens (including phenoxy) is 1. The lowest BCUT2D eigenvalue weighted by Gasteiger charge is -2.13. The van der Waals surface area contributed by atoms with Gasteiger partial charge in [-0.15, -0.1) is 0 Å². The van der Waals surface area contributed by atoms with Gasteiger partial charge in [-0.25, -0.2) is 27.7 Å². The van der Waals surface area contributed by atoms with Gasteiger partial charge in [-0.1, -0.05) is 25.1 Å². The van der Waals surface area contributed by atoms with E-state index in [2.05, 4.69) is 24.7 Å². The maximum Gasteiger partial charge on any atom is 0.335 e. The minimum Gasteiger partial charge on any atom is -0.493 e. The number of H-pyrrole nitrogens is 1. The van der Waals surface area contributed by atoms with Crippen LogP contribution in [0.3, 0.4) is 0 Å². The summed E-state index contributed by atoms with van der Waals surface area (Å²) >= 11 is 0. The Morgan fingerprint density at radius 1 is 1.11 bits per heavy atom. The Bertz CT molecular complexity index is 1690. The van der Waals surface area contributed by atoms with Gasteiger partial charge in [0, 0.05) is 18.6 Å². The molecule has 0 bridgehead atoms. The van der Waals surface area contributed by atoms with Crippen LogP contribution in [0.5, 0.6) is 11.8 Å². The van der Waals surface area contributed by atoms with Crippen molar-refractivity contribution >= 4 is 27.7 Å². The number of aromatic nitrogens is 4. The van der Waals surface area contributed by atoms with Gasteiger partial charge >= 0.3 is 5.69 Å². The van der Waals surface area contributed by atoms with E-state index in [1.54, 1.807) is 12.1 Å². The largest absolute Gasteiger partial charge is 0.493 e. The number of aryl methyl sites for hydroxylation is 1. The van der Waals surface area contributed by atoms with Crippen LogP contribution in [0.15, 0.2) is 80.4 Å². The van der Waals surface area contributed by atoms with Crippen LogP contribution in [0, 0.1) is 0 Å². The molecule has 2 aromatic heterocycles. The van der Waals surface area contributed by atoms with Gasteiger partial charge in [0.25, 0.3) is 21.5 Å². The van der Waals surface area contributed by atoms with Gasteiger partial charge in [0.15, 0.2) is 0 Å². The first-order valence-corrected chi connectivity index (χ1v) is 12.4. The third-order valence-electron chi connectivity index (χ3n) is 5.31. The summed E-state index contributed by atoms with van der Waals surface area (Å²) in [6, 6.07) is 12.4. The highest BCUT2D eigenvalue weighted by molar-refractivity contribution is 7.92. The molecule has 12 nitrogen and oxygen atoms in total. The Morgan fingerprint density at radius 2 is 1.81 bits per heavy atom. The molecule has 4 aromatic rings. The fourth-order valence-electron chi connectivity index (χ4n) is 3.49. The number of aliphatic imine (C=N–C) groups is 1. The predicted octanol–water partition coefficient (Wildman–Crippen LogP) is 2.14. The first-order valence-electron chi connectivity index (χ1n) is 10.9. The number of aromatic amines is 1. The number of benzene rings is 2. The highest BCUT2D eigenvalue weighted by Crippen LogP contribution is 2.24. The number of hydrogen-bond donors (Lipinski definition) is 3. The van der Waals surface area contributed by atoms with Crippen LogP contribution in [0.1, 0.15) is 18.1 Å². The number of aromatic hydroxyl groups is 1. The van der Waals surface area contributed by atoms with Crippen molar-refractivity contribution in [3.8, 4) is 17.4 Å². The summed E-state index contributed by atoms with van der Waals surface area (Å²) in [5, 5.41) is 10.8. The van der Waals surface area contributed by atoms with Crippen LogP contribution in [0.25, 0.3) is 5.69 Å². The molecule has 4 rings (SSSR count). The van der Waals surface area contributed by atoms with Crippen molar-refractivity contribution in [3.63, 3.8) is 0 Å². The second-order valence-electron chi connectivity index (χ2n) is 7.59. The number of methoxy groups -OCH3 is 1. The van der Waals surface area contributed by atoms with E-state index in [0.717, 1.165) is 16.3 Å². The number of sulfonamides is 1. The number of hydrogen-bond acceptors (Lipinski definition) is 9. The fraction of sp³-hybridized carbons (Fsp3) is 0.125. The summed E-state index contributed by atoms with van der Waals surface area (Å²) in [5.41, 5.74) is -0.333. The van der Waals surface area contributed by atoms with E-state index >= 15 is 0 Å². The van der Waals surface area contributed by atoms with Gasteiger partial charge in [-0.3, -0.25) is 19.5 Å². The second-order valence-corrected chi connectivity index (χ2v) is 9.27. The minimum atomic E-state index is -4.01. The van der Waals surface area contributed by atoms with Crippen LogP contribution in [0.2, 0.25) is 0 Å². The molecule has 0 saturated heterocycles. The number of anilines is 1. The molecular weight excluding hydrogens is 500 g/mol. The Labute approximate surface area is 211 Å². The molecule has 2 heterocycles. The van der Waals surface area contributed by atoms with Gasteiger partial charge in [0.1, 0.15) is 5.56 Å². The highest BCUT2D eigenvalue weighted by Gasteiger charge is 2.19. The van der Waals surface area contributed by atoms with Crippen molar-refractivity contribution in [3.05, 3.63) is 92.9 Å². The summed E-state index contributed by atoms with van der Waals surface area (Å²) in [5.74, 6) is -0.624. The van der Waals surface area contributed by atoms with E-state index in [1.165, 1.54) is 43.8 Å². The summed E-state index contributed by atoms with van der Waals surface area (Å²) in [7, 11) is -2.67. The molecule has 2 aromatic carbocycles. The number of nitrogens with zero attached hydrogens (tertiary/aromatic N) is 4. The smallest absolute Gasteiger partial charge is 0.335 e. The number of rotatable bonds is 8. The van der Waals surface area contributed by atoms with Gasteiger partial charge in [-0.05, 0) is 42.3 Å². The Balaban J connectivity index is 1.63.